The van der Waals surface area contributed by atoms with Crippen molar-refractivity contribution in [2.45, 2.75) is 133 Å². The lowest BCUT2D eigenvalue weighted by Crippen LogP contribution is -2.64. The summed E-state index contributed by atoms with van der Waals surface area (Å²) in [5.41, 5.74) is 0. The zero-order valence-electron chi connectivity index (χ0n) is 21.8. The number of carbonyl (C=O) groups is 1. The lowest BCUT2D eigenvalue weighted by atomic mass is 9.85. The molecule has 220 valence electrons. The first kappa shape index (κ1) is 34.4. The van der Waals surface area contributed by atoms with Gasteiger partial charge in [0.1, 0.15) is 49.3 Å². The highest BCUT2D eigenvalue weighted by Crippen LogP contribution is 2.47. The van der Waals surface area contributed by atoms with Crippen molar-refractivity contribution in [3.63, 3.8) is 0 Å². The van der Waals surface area contributed by atoms with E-state index in [1.807, 2.05) is 0 Å². The fraction of sp³-hybridized carbons (Fsp3) is 0.958. The van der Waals surface area contributed by atoms with E-state index in [0.717, 1.165) is 19.3 Å². The van der Waals surface area contributed by atoms with E-state index < -0.39 is 69.7 Å². The van der Waals surface area contributed by atoms with E-state index in [9.17, 15) is 44.9 Å². The number of aliphatic hydroxyl groups excluding tert-OH is 6. The summed E-state index contributed by atoms with van der Waals surface area (Å²) in [6, 6.07) is 0. The second-order valence-electron chi connectivity index (χ2n) is 9.76. The molecule has 0 aromatic heterocycles. The van der Waals surface area contributed by atoms with Crippen LogP contribution in [0.1, 0.15) is 90.4 Å². The molecule has 0 aromatic rings. The Balaban J connectivity index is 2.14. The highest BCUT2D eigenvalue weighted by Gasteiger charge is 2.51. The van der Waals surface area contributed by atoms with Gasteiger partial charge >= 0.3 is 13.8 Å². The molecule has 1 aliphatic carbocycles. The zero-order chi connectivity index (χ0) is 27.8. The predicted octanol–water partition coefficient (Wildman–Crippen LogP) is 1.30. The Morgan fingerprint density at radius 2 is 1.16 bits per heavy atom. The third-order valence-corrected chi connectivity index (χ3v) is 7.41. The first-order chi connectivity index (χ1) is 17.5. The Morgan fingerprint density at radius 1 is 0.730 bits per heavy atom. The van der Waals surface area contributed by atoms with E-state index in [2.05, 4.69) is 16.0 Å². The van der Waals surface area contributed by atoms with Crippen LogP contribution in [0.3, 0.4) is 0 Å². The second kappa shape index (κ2) is 18.6. The van der Waals surface area contributed by atoms with Crippen LogP contribution >= 0.6 is 7.82 Å². The summed E-state index contributed by atoms with van der Waals surface area (Å²) in [6.07, 6.45) is 1.02. The summed E-state index contributed by atoms with van der Waals surface area (Å²) in [5, 5.41) is 58.4. The van der Waals surface area contributed by atoms with Crippen LogP contribution in [0.25, 0.3) is 0 Å². The van der Waals surface area contributed by atoms with Gasteiger partial charge in [-0.25, -0.2) is 4.57 Å². The quantitative estimate of drug-likeness (QED) is 0.0642. The Morgan fingerprint density at radius 3 is 1.65 bits per heavy atom. The van der Waals surface area contributed by atoms with Crippen molar-refractivity contribution in [1.29, 1.82) is 0 Å². The molecule has 7 N–H and O–H groups in total. The average Bonchev–Trinajstić information content (AvgIpc) is 2.87. The molecule has 0 bridgehead atoms. The van der Waals surface area contributed by atoms with Crippen LogP contribution in [-0.4, -0.2) is 97.4 Å². The second-order valence-corrected chi connectivity index (χ2v) is 11.2. The first-order valence-electron chi connectivity index (χ1n) is 13.4. The van der Waals surface area contributed by atoms with E-state index >= 15 is 0 Å². The van der Waals surface area contributed by atoms with Crippen molar-refractivity contribution in [3.8, 4) is 0 Å². The minimum atomic E-state index is -4.98. The number of hydrogen-bond acceptors (Lipinski definition) is 11. The number of ether oxygens (including phenoxy) is 1. The maximum absolute atomic E-state index is 12.1. The number of hydrogen-bond donors (Lipinski definition) is 7. The molecule has 0 aromatic carbocycles. The van der Waals surface area contributed by atoms with Gasteiger partial charge in [-0.2, -0.15) is 0 Å². The lowest BCUT2D eigenvalue weighted by Gasteiger charge is -2.41. The Labute approximate surface area is 219 Å². The predicted molar refractivity (Wildman–Crippen MR) is 133 cm³/mol. The van der Waals surface area contributed by atoms with Crippen molar-refractivity contribution in [3.05, 3.63) is 0 Å². The highest BCUT2D eigenvalue weighted by atomic mass is 31.2. The van der Waals surface area contributed by atoms with Gasteiger partial charge in [0.15, 0.2) is 0 Å². The van der Waals surface area contributed by atoms with Crippen LogP contribution in [-0.2, 0) is 23.1 Å². The summed E-state index contributed by atoms with van der Waals surface area (Å²) >= 11 is 0. The smallest absolute Gasteiger partial charge is 0.463 e. The number of phosphoric ester groups is 1. The van der Waals surface area contributed by atoms with E-state index in [0.29, 0.717) is 6.42 Å². The van der Waals surface area contributed by atoms with Gasteiger partial charge < -0.3 is 40.3 Å². The topological polar surface area (TPSA) is 203 Å². The number of carbonyl (C=O) groups excluding carboxylic acids is 1. The lowest BCUT2D eigenvalue weighted by molar-refractivity contribution is -0.220. The zero-order valence-corrected chi connectivity index (χ0v) is 22.7. The molecule has 8 atom stereocenters. The van der Waals surface area contributed by atoms with Gasteiger partial charge in [0, 0.05) is 6.42 Å². The van der Waals surface area contributed by atoms with Crippen LogP contribution < -0.4 is 0 Å². The normalized spacial score (nSPS) is 28.5. The number of aliphatic hydroxyl groups is 6. The van der Waals surface area contributed by atoms with Crippen LogP contribution in [0, 0.1) is 0 Å². The minimum Gasteiger partial charge on any atom is -0.463 e. The number of unbranched alkanes of at least 4 members (excludes halogenated alkanes) is 11. The fourth-order valence-corrected chi connectivity index (χ4v) is 5.08. The van der Waals surface area contributed by atoms with E-state index in [1.165, 1.54) is 51.4 Å². The van der Waals surface area contributed by atoms with E-state index in [1.54, 1.807) is 0 Å². The molecule has 0 aliphatic heterocycles. The van der Waals surface area contributed by atoms with Crippen LogP contribution in [0.15, 0.2) is 0 Å². The van der Waals surface area contributed by atoms with Crippen molar-refractivity contribution < 1.29 is 58.7 Å². The summed E-state index contributed by atoms with van der Waals surface area (Å²) in [6.45, 7) is 0.964. The van der Waals surface area contributed by atoms with Gasteiger partial charge in [-0.3, -0.25) is 13.8 Å². The summed E-state index contributed by atoms with van der Waals surface area (Å²) in [5.74, 6) is -0.510. The van der Waals surface area contributed by atoms with Crippen LogP contribution in [0.2, 0.25) is 0 Å². The molecule has 13 heteroatoms. The monoisotopic (exact) mass is 558 g/mol. The SMILES string of the molecule is CCCCCCCCCCCCCCC(=O)OC[C@@H](O)COP(=O)(O)OC1C(O)C(O)C(O)[C@@H](O)C1O. The van der Waals surface area contributed by atoms with Crippen LogP contribution in [0.5, 0.6) is 0 Å². The molecule has 0 amide bonds. The fourth-order valence-electron chi connectivity index (χ4n) is 4.11. The minimum absolute atomic E-state index is 0.195. The van der Waals surface area contributed by atoms with Gasteiger partial charge in [0.2, 0.25) is 0 Å². The van der Waals surface area contributed by atoms with Gasteiger partial charge in [0.05, 0.1) is 6.61 Å². The molecular weight excluding hydrogens is 511 g/mol. The Bertz CT molecular complexity index is 650. The summed E-state index contributed by atoms with van der Waals surface area (Å²) in [4.78, 5) is 21.6. The molecule has 6 unspecified atom stereocenters. The summed E-state index contributed by atoms with van der Waals surface area (Å²) in [7, 11) is -4.98. The van der Waals surface area contributed by atoms with Crippen molar-refractivity contribution in [2.24, 2.45) is 0 Å². The van der Waals surface area contributed by atoms with Gasteiger partial charge in [-0.15, -0.1) is 0 Å². The third kappa shape index (κ3) is 13.8. The molecule has 12 nitrogen and oxygen atoms in total. The van der Waals surface area contributed by atoms with Gasteiger partial charge in [-0.1, -0.05) is 77.6 Å². The Kier molecular flexibility index (Phi) is 17.3. The largest absolute Gasteiger partial charge is 0.472 e. The van der Waals surface area contributed by atoms with Crippen molar-refractivity contribution in [2.75, 3.05) is 13.2 Å². The molecule has 37 heavy (non-hydrogen) atoms. The standard InChI is InChI=1S/C24H47O12P/c1-2-3-4-5-6-7-8-9-10-11-12-13-14-18(26)34-15-17(25)16-35-37(32,33)36-24-22(30)20(28)19(27)21(29)23(24)31/h17,19-25,27-31H,2-16H2,1H3,(H,32,33)/t17-,19?,20-,21?,22?,23?,24?/m1/s1. The Hall–Kier alpha value is -0.660. The van der Waals surface area contributed by atoms with E-state index in [-0.39, 0.29) is 6.42 Å². The van der Waals surface area contributed by atoms with Crippen molar-refractivity contribution >= 4 is 13.8 Å². The number of esters is 1. The molecule has 0 spiro atoms. The number of rotatable bonds is 20. The van der Waals surface area contributed by atoms with Crippen LogP contribution in [0.4, 0.5) is 0 Å². The molecule has 0 heterocycles. The molecule has 1 fully saturated rings. The molecular formula is C24H47O12P. The molecule has 1 rings (SSSR count). The maximum atomic E-state index is 12.1. The van der Waals surface area contributed by atoms with Crippen molar-refractivity contribution in [1.82, 2.24) is 0 Å². The van der Waals surface area contributed by atoms with E-state index in [4.69, 9.17) is 4.74 Å². The highest BCUT2D eigenvalue weighted by molar-refractivity contribution is 7.47. The summed E-state index contributed by atoms with van der Waals surface area (Å²) < 4.78 is 26.3. The molecule has 0 radical (unpaired) electrons. The number of phosphoric acid groups is 1. The molecule has 0 saturated heterocycles. The maximum Gasteiger partial charge on any atom is 0.472 e. The van der Waals surface area contributed by atoms with Gasteiger partial charge in [-0.05, 0) is 6.42 Å². The van der Waals surface area contributed by atoms with Gasteiger partial charge in [0.25, 0.3) is 0 Å². The average molecular weight is 559 g/mol. The molecule has 1 aliphatic rings. The third-order valence-electron chi connectivity index (χ3n) is 6.43. The molecule has 1 saturated carbocycles. The first-order valence-corrected chi connectivity index (χ1v) is 14.9.